The molecule has 7 bridgehead atoms. The Labute approximate surface area is 155 Å². The normalized spacial score (nSPS) is 62.7. The standard InChI is InChI=1S/C22H31NO3/c1-4-23-10-20(3)6-5-17(25)22-15(20)7-13(18(22)23)21-9-12(11(2)19(21)26)14(24)8-16(21)22/h12-13,15-19,25-26H,2,4-10H2,1,3H3/t12-,13+,15-,16-,17+,18?,19-,20+,21+,22+/m1/s1. The number of nitrogens with zero attached hydrogens (tertiary/aromatic N) is 1. The molecule has 5 saturated carbocycles. The second kappa shape index (κ2) is 4.47. The third kappa shape index (κ3) is 1.33. The predicted octanol–water partition coefficient (Wildman–Crippen LogP) is 2.00. The van der Waals surface area contributed by atoms with Gasteiger partial charge in [0.15, 0.2) is 0 Å². The van der Waals surface area contributed by atoms with E-state index in [0.29, 0.717) is 24.3 Å². The van der Waals surface area contributed by atoms with Gasteiger partial charge in [-0.15, -0.1) is 0 Å². The fraction of sp³-hybridized carbons (Fsp3) is 0.864. The Morgan fingerprint density at radius 1 is 1.31 bits per heavy atom. The van der Waals surface area contributed by atoms with Crippen LogP contribution in [0.5, 0.6) is 0 Å². The molecule has 26 heavy (non-hydrogen) atoms. The maximum Gasteiger partial charge on any atom is 0.140 e. The first-order chi connectivity index (χ1) is 12.3. The van der Waals surface area contributed by atoms with Crippen molar-refractivity contribution in [2.75, 3.05) is 13.1 Å². The summed E-state index contributed by atoms with van der Waals surface area (Å²) >= 11 is 0. The van der Waals surface area contributed by atoms with E-state index in [4.69, 9.17) is 0 Å². The summed E-state index contributed by atoms with van der Waals surface area (Å²) in [6.07, 6.45) is 3.50. The van der Waals surface area contributed by atoms with Crippen molar-refractivity contribution in [2.45, 2.75) is 64.2 Å². The lowest BCUT2D eigenvalue weighted by Crippen LogP contribution is -2.68. The zero-order valence-electron chi connectivity index (χ0n) is 15.9. The lowest BCUT2D eigenvalue weighted by Gasteiger charge is -2.65. The third-order valence-corrected chi connectivity index (χ3v) is 10.4. The lowest BCUT2D eigenvalue weighted by atomic mass is 9.43. The van der Waals surface area contributed by atoms with Crippen LogP contribution in [0.15, 0.2) is 12.2 Å². The third-order valence-electron chi connectivity index (χ3n) is 10.4. The Bertz CT molecular complexity index is 735. The highest BCUT2D eigenvalue weighted by Gasteiger charge is 2.85. The van der Waals surface area contributed by atoms with Crippen LogP contribution in [-0.2, 0) is 4.79 Å². The van der Waals surface area contributed by atoms with Crippen molar-refractivity contribution in [2.24, 2.45) is 39.9 Å². The van der Waals surface area contributed by atoms with Gasteiger partial charge in [0.2, 0.25) is 0 Å². The molecule has 0 aromatic carbocycles. The summed E-state index contributed by atoms with van der Waals surface area (Å²) in [4.78, 5) is 15.6. The van der Waals surface area contributed by atoms with Gasteiger partial charge in [-0.1, -0.05) is 20.4 Å². The number of hydrogen-bond acceptors (Lipinski definition) is 4. The van der Waals surface area contributed by atoms with Crippen LogP contribution in [0.25, 0.3) is 0 Å². The van der Waals surface area contributed by atoms with Crippen molar-refractivity contribution >= 4 is 5.78 Å². The molecule has 1 saturated heterocycles. The Kier molecular flexibility index (Phi) is 2.80. The number of aliphatic hydroxyl groups is 2. The van der Waals surface area contributed by atoms with Crippen LogP contribution >= 0.6 is 0 Å². The van der Waals surface area contributed by atoms with E-state index in [1.807, 2.05) is 0 Å². The van der Waals surface area contributed by atoms with E-state index in [9.17, 15) is 15.0 Å². The predicted molar refractivity (Wildman–Crippen MR) is 97.2 cm³/mol. The summed E-state index contributed by atoms with van der Waals surface area (Å²) < 4.78 is 0. The summed E-state index contributed by atoms with van der Waals surface area (Å²) in [5, 5.41) is 22.8. The quantitative estimate of drug-likeness (QED) is 0.705. The second-order valence-electron chi connectivity index (χ2n) is 10.7. The lowest BCUT2D eigenvalue weighted by molar-refractivity contribution is -0.211. The molecule has 0 aromatic rings. The zero-order valence-corrected chi connectivity index (χ0v) is 15.9. The van der Waals surface area contributed by atoms with Crippen molar-refractivity contribution in [3.8, 4) is 0 Å². The van der Waals surface area contributed by atoms with Crippen LogP contribution in [0.1, 0.15) is 46.0 Å². The number of ketones is 1. The topological polar surface area (TPSA) is 60.8 Å². The highest BCUT2D eigenvalue weighted by molar-refractivity contribution is 5.87. The molecule has 4 heteroatoms. The summed E-state index contributed by atoms with van der Waals surface area (Å²) in [7, 11) is 0. The number of carbonyl (C=O) groups excluding carboxylic acids is 1. The van der Waals surface area contributed by atoms with E-state index in [0.717, 1.165) is 44.3 Å². The monoisotopic (exact) mass is 357 g/mol. The van der Waals surface area contributed by atoms with E-state index in [-0.39, 0.29) is 40.0 Å². The molecule has 1 unspecified atom stereocenters. The number of rotatable bonds is 1. The number of hydrogen-bond donors (Lipinski definition) is 2. The molecule has 4 nitrogen and oxygen atoms in total. The van der Waals surface area contributed by atoms with E-state index in [2.05, 4.69) is 25.3 Å². The molecule has 0 radical (unpaired) electrons. The van der Waals surface area contributed by atoms with Crippen LogP contribution < -0.4 is 0 Å². The van der Waals surface area contributed by atoms with Crippen LogP contribution in [0.4, 0.5) is 0 Å². The van der Waals surface area contributed by atoms with Crippen LogP contribution in [-0.4, -0.2) is 52.2 Å². The largest absolute Gasteiger partial charge is 0.392 e. The van der Waals surface area contributed by atoms with Gasteiger partial charge in [-0.25, -0.2) is 0 Å². The average molecular weight is 357 g/mol. The molecule has 1 heterocycles. The van der Waals surface area contributed by atoms with Crippen molar-refractivity contribution < 1.29 is 15.0 Å². The van der Waals surface area contributed by atoms with Gasteiger partial charge in [0, 0.05) is 35.8 Å². The Hall–Kier alpha value is -0.710. The Morgan fingerprint density at radius 2 is 2.08 bits per heavy atom. The molecule has 6 aliphatic rings. The molecule has 5 aliphatic carbocycles. The van der Waals surface area contributed by atoms with Gasteiger partial charge in [-0.2, -0.15) is 0 Å². The van der Waals surface area contributed by atoms with Gasteiger partial charge in [0.1, 0.15) is 5.78 Å². The summed E-state index contributed by atoms with van der Waals surface area (Å²) in [5.74, 6) is 1.16. The van der Waals surface area contributed by atoms with Crippen molar-refractivity contribution in [3.63, 3.8) is 0 Å². The molecule has 6 rings (SSSR count). The molecule has 10 atom stereocenters. The van der Waals surface area contributed by atoms with Gasteiger partial charge in [0.25, 0.3) is 0 Å². The molecule has 2 spiro atoms. The highest BCUT2D eigenvalue weighted by atomic mass is 16.3. The van der Waals surface area contributed by atoms with Crippen LogP contribution in [0.2, 0.25) is 0 Å². The maximum atomic E-state index is 13.0. The Morgan fingerprint density at radius 3 is 2.81 bits per heavy atom. The molecule has 142 valence electrons. The molecule has 2 N–H and O–H groups in total. The van der Waals surface area contributed by atoms with Crippen molar-refractivity contribution in [3.05, 3.63) is 12.2 Å². The fourth-order valence-corrected chi connectivity index (χ4v) is 9.75. The molecular formula is C22H31NO3. The molecule has 6 fully saturated rings. The minimum absolute atomic E-state index is 0.130. The average Bonchev–Trinajstić information content (AvgIpc) is 3.14. The van der Waals surface area contributed by atoms with E-state index in [1.54, 1.807) is 0 Å². The van der Waals surface area contributed by atoms with E-state index >= 15 is 0 Å². The number of piperidine rings is 1. The highest BCUT2D eigenvalue weighted by Crippen LogP contribution is 2.83. The van der Waals surface area contributed by atoms with Crippen molar-refractivity contribution in [1.29, 1.82) is 0 Å². The smallest absolute Gasteiger partial charge is 0.140 e. The first kappa shape index (κ1) is 16.3. The Balaban J connectivity index is 1.62. The first-order valence-electron chi connectivity index (χ1n) is 10.6. The van der Waals surface area contributed by atoms with Gasteiger partial charge in [-0.05, 0) is 61.0 Å². The number of Topliss-reactive ketones (excluding diaryl/α,β-unsaturated/α-hetero) is 1. The molecule has 0 aromatic heterocycles. The first-order valence-corrected chi connectivity index (χ1v) is 10.6. The van der Waals surface area contributed by atoms with Gasteiger partial charge >= 0.3 is 0 Å². The van der Waals surface area contributed by atoms with E-state index < -0.39 is 6.10 Å². The zero-order chi connectivity index (χ0) is 18.2. The molecule has 0 amide bonds. The molecule has 1 aliphatic heterocycles. The van der Waals surface area contributed by atoms with Crippen molar-refractivity contribution in [1.82, 2.24) is 4.90 Å². The van der Waals surface area contributed by atoms with Gasteiger partial charge in [-0.3, -0.25) is 9.69 Å². The summed E-state index contributed by atoms with van der Waals surface area (Å²) in [6, 6.07) is 0.331. The second-order valence-corrected chi connectivity index (χ2v) is 10.7. The van der Waals surface area contributed by atoms with Gasteiger partial charge < -0.3 is 10.2 Å². The van der Waals surface area contributed by atoms with Crippen LogP contribution in [0.3, 0.4) is 0 Å². The summed E-state index contributed by atoms with van der Waals surface area (Å²) in [6.45, 7) is 10.9. The number of likely N-dealkylation sites (tertiary alicyclic amines) is 1. The van der Waals surface area contributed by atoms with E-state index in [1.165, 1.54) is 0 Å². The number of fused-ring (bicyclic) bond motifs is 1. The van der Waals surface area contributed by atoms with Gasteiger partial charge in [0.05, 0.1) is 12.2 Å². The SMILES string of the molecule is C=C1[C@H]2C[C@@]3([C@@H]1O)[C@@H](CC2=O)[C@@]12C4[C@@H]3C[C@@H]1[C@@](C)(CC[C@@H]2O)CN4CC. The summed E-state index contributed by atoms with van der Waals surface area (Å²) in [5.41, 5.74) is 0.598. The number of aliphatic hydroxyl groups excluding tert-OH is 2. The number of carbonyl (C=O) groups is 1. The fourth-order valence-electron chi connectivity index (χ4n) is 9.75. The van der Waals surface area contributed by atoms with Crippen LogP contribution in [0, 0.1) is 39.9 Å². The maximum absolute atomic E-state index is 13.0. The minimum atomic E-state index is -0.561. The minimum Gasteiger partial charge on any atom is -0.392 e. The molecular weight excluding hydrogens is 326 g/mol.